The van der Waals surface area contributed by atoms with Gasteiger partial charge in [0, 0.05) is 0 Å². The fraction of sp³-hybridized carbons (Fsp3) is 0. The number of hydrogen-bond acceptors (Lipinski definition) is 3. The van der Waals surface area contributed by atoms with Crippen LogP contribution in [0, 0.1) is 0 Å². The highest BCUT2D eigenvalue weighted by Crippen LogP contribution is 2.11. The maximum atomic E-state index is 10.1. The Morgan fingerprint density at radius 1 is 0.842 bits per heavy atom. The number of aromatic hydroxyl groups is 1. The van der Waals surface area contributed by atoms with Gasteiger partial charge in [0.2, 0.25) is 0 Å². The second-order valence-corrected chi connectivity index (χ2v) is 3.58. The Labute approximate surface area is 111 Å². The highest BCUT2D eigenvalue weighted by molar-refractivity contribution is 5.78. The zero-order valence-corrected chi connectivity index (χ0v) is 10.3. The molecule has 0 fully saturated rings. The molecule has 0 aliphatic heterocycles. The third-order valence-electron chi connectivity index (χ3n) is 2.23. The molecule has 0 bridgehead atoms. The Hall–Kier alpha value is -2.68. The summed E-state index contributed by atoms with van der Waals surface area (Å²) in [5, 5.41) is 8.88. The van der Waals surface area contributed by atoms with E-state index in [1.165, 1.54) is 12.1 Å². The molecular weight excluding hydrogens is 240 g/mol. The first kappa shape index (κ1) is 14.4. The molecule has 0 aliphatic carbocycles. The fourth-order valence-corrected chi connectivity index (χ4v) is 1.30. The van der Waals surface area contributed by atoms with Gasteiger partial charge in [0.25, 0.3) is 0 Å². The highest BCUT2D eigenvalue weighted by Gasteiger charge is 1.93. The summed E-state index contributed by atoms with van der Waals surface area (Å²) in [6, 6.07) is 16.1. The van der Waals surface area contributed by atoms with Crippen molar-refractivity contribution in [2.45, 2.75) is 0 Å². The molecule has 0 radical (unpaired) electrons. The SMILES string of the molecule is O=CC=Cc1ccccc1.O=Cc1ccccc1O. The van der Waals surface area contributed by atoms with Gasteiger partial charge in [0.05, 0.1) is 5.56 Å². The van der Waals surface area contributed by atoms with E-state index in [2.05, 4.69) is 0 Å². The van der Waals surface area contributed by atoms with Crippen molar-refractivity contribution in [1.29, 1.82) is 0 Å². The number of phenolic OH excluding ortho intramolecular Hbond substituents is 1. The molecule has 1 N–H and O–H groups in total. The Morgan fingerprint density at radius 2 is 1.47 bits per heavy atom. The number of carbonyl (C=O) groups is 2. The van der Waals surface area contributed by atoms with Crippen molar-refractivity contribution in [2.75, 3.05) is 0 Å². The van der Waals surface area contributed by atoms with Gasteiger partial charge in [0.15, 0.2) is 6.29 Å². The van der Waals surface area contributed by atoms with E-state index in [4.69, 9.17) is 5.11 Å². The van der Waals surface area contributed by atoms with Gasteiger partial charge >= 0.3 is 0 Å². The summed E-state index contributed by atoms with van der Waals surface area (Å²) in [5.74, 6) is 0.0347. The van der Waals surface area contributed by atoms with Crippen molar-refractivity contribution in [3.05, 3.63) is 71.8 Å². The number of para-hydroxylation sites is 1. The Kier molecular flexibility index (Phi) is 6.37. The van der Waals surface area contributed by atoms with Crippen LogP contribution in [0.1, 0.15) is 15.9 Å². The average Bonchev–Trinajstić information content (AvgIpc) is 2.47. The lowest BCUT2D eigenvalue weighted by atomic mass is 10.2. The molecular formula is C16H14O3. The average molecular weight is 254 g/mol. The van der Waals surface area contributed by atoms with Crippen molar-refractivity contribution in [3.63, 3.8) is 0 Å². The van der Waals surface area contributed by atoms with Gasteiger partial charge in [-0.25, -0.2) is 0 Å². The molecule has 19 heavy (non-hydrogen) atoms. The van der Waals surface area contributed by atoms with Crippen LogP contribution in [0.2, 0.25) is 0 Å². The summed E-state index contributed by atoms with van der Waals surface area (Å²) >= 11 is 0. The van der Waals surface area contributed by atoms with Crippen LogP contribution in [0.25, 0.3) is 6.08 Å². The maximum absolute atomic E-state index is 10.1. The summed E-state index contributed by atoms with van der Waals surface area (Å²) in [5.41, 5.74) is 1.38. The minimum atomic E-state index is 0.0347. The van der Waals surface area contributed by atoms with Crippen LogP contribution in [-0.2, 0) is 4.79 Å². The summed E-state index contributed by atoms with van der Waals surface area (Å²) in [7, 11) is 0. The second kappa shape index (κ2) is 8.42. The molecule has 0 amide bonds. The first-order valence-electron chi connectivity index (χ1n) is 5.68. The zero-order valence-electron chi connectivity index (χ0n) is 10.3. The van der Waals surface area contributed by atoms with E-state index in [1.807, 2.05) is 30.3 Å². The van der Waals surface area contributed by atoms with Crippen LogP contribution in [-0.4, -0.2) is 17.7 Å². The molecule has 0 aromatic heterocycles. The standard InChI is InChI=1S/C9H8O.C7H6O2/c10-8-4-7-9-5-2-1-3-6-9;8-5-6-3-1-2-4-7(6)9/h1-8H;1-5,9H. The van der Waals surface area contributed by atoms with Crippen molar-refractivity contribution < 1.29 is 14.7 Å². The van der Waals surface area contributed by atoms with Crippen LogP contribution in [0.15, 0.2) is 60.7 Å². The number of hydrogen-bond donors (Lipinski definition) is 1. The van der Waals surface area contributed by atoms with E-state index in [-0.39, 0.29) is 5.75 Å². The number of carbonyl (C=O) groups excluding carboxylic acids is 2. The minimum absolute atomic E-state index is 0.0347. The van der Waals surface area contributed by atoms with Gasteiger partial charge < -0.3 is 5.11 Å². The predicted molar refractivity (Wildman–Crippen MR) is 75.0 cm³/mol. The largest absolute Gasteiger partial charge is 0.507 e. The summed E-state index contributed by atoms with van der Waals surface area (Å²) in [6.45, 7) is 0. The van der Waals surface area contributed by atoms with Gasteiger partial charge in [-0.05, 0) is 23.8 Å². The quantitative estimate of drug-likeness (QED) is 0.676. The van der Waals surface area contributed by atoms with E-state index in [1.54, 1.807) is 24.3 Å². The monoisotopic (exact) mass is 254 g/mol. The third-order valence-corrected chi connectivity index (χ3v) is 2.23. The molecule has 0 heterocycles. The number of benzene rings is 2. The van der Waals surface area contributed by atoms with Crippen molar-refractivity contribution in [1.82, 2.24) is 0 Å². The van der Waals surface area contributed by atoms with Gasteiger partial charge in [0.1, 0.15) is 12.0 Å². The van der Waals surface area contributed by atoms with E-state index in [0.29, 0.717) is 11.8 Å². The van der Waals surface area contributed by atoms with Crippen LogP contribution >= 0.6 is 0 Å². The van der Waals surface area contributed by atoms with Crippen LogP contribution < -0.4 is 0 Å². The molecule has 2 aromatic rings. The van der Waals surface area contributed by atoms with Gasteiger partial charge in [-0.2, -0.15) is 0 Å². The molecule has 0 spiro atoms. The number of allylic oxidation sites excluding steroid dienone is 1. The van der Waals surface area contributed by atoms with Gasteiger partial charge in [-0.3, -0.25) is 9.59 Å². The Balaban J connectivity index is 0.000000191. The van der Waals surface area contributed by atoms with Crippen LogP contribution in [0.4, 0.5) is 0 Å². The van der Waals surface area contributed by atoms with Crippen LogP contribution in [0.3, 0.4) is 0 Å². The lowest BCUT2D eigenvalue weighted by molar-refractivity contribution is -0.104. The topological polar surface area (TPSA) is 54.4 Å². The van der Waals surface area contributed by atoms with Gasteiger partial charge in [-0.15, -0.1) is 0 Å². The molecule has 2 aromatic carbocycles. The van der Waals surface area contributed by atoms with E-state index in [0.717, 1.165) is 11.8 Å². The lowest BCUT2D eigenvalue weighted by Crippen LogP contribution is -1.77. The van der Waals surface area contributed by atoms with Crippen molar-refractivity contribution in [2.24, 2.45) is 0 Å². The first-order valence-corrected chi connectivity index (χ1v) is 5.68. The summed E-state index contributed by atoms with van der Waals surface area (Å²) in [4.78, 5) is 20.0. The second-order valence-electron chi connectivity index (χ2n) is 3.58. The number of aldehydes is 2. The Morgan fingerprint density at radius 3 is 2.00 bits per heavy atom. The minimum Gasteiger partial charge on any atom is -0.507 e. The van der Waals surface area contributed by atoms with Crippen molar-refractivity contribution >= 4 is 18.6 Å². The fourth-order valence-electron chi connectivity index (χ4n) is 1.30. The molecule has 0 saturated heterocycles. The van der Waals surface area contributed by atoms with E-state index < -0.39 is 0 Å². The Bertz CT molecular complexity index is 545. The predicted octanol–water partition coefficient (Wildman–Crippen LogP) is 3.10. The molecule has 0 atom stereocenters. The van der Waals surface area contributed by atoms with E-state index in [9.17, 15) is 9.59 Å². The number of rotatable bonds is 3. The summed E-state index contributed by atoms with van der Waals surface area (Å²) < 4.78 is 0. The normalized spacial score (nSPS) is 9.47. The molecule has 0 aliphatic rings. The van der Waals surface area contributed by atoms with E-state index >= 15 is 0 Å². The maximum Gasteiger partial charge on any atom is 0.153 e. The lowest BCUT2D eigenvalue weighted by Gasteiger charge is -1.91. The molecule has 3 nitrogen and oxygen atoms in total. The molecule has 96 valence electrons. The van der Waals surface area contributed by atoms with Gasteiger partial charge in [-0.1, -0.05) is 48.5 Å². The zero-order chi connectivity index (χ0) is 13.9. The smallest absolute Gasteiger partial charge is 0.153 e. The highest BCUT2D eigenvalue weighted by atomic mass is 16.3. The molecule has 0 saturated carbocycles. The first-order chi connectivity index (χ1) is 9.27. The molecule has 0 unspecified atom stereocenters. The van der Waals surface area contributed by atoms with Crippen molar-refractivity contribution in [3.8, 4) is 5.75 Å². The molecule has 2 rings (SSSR count). The third kappa shape index (κ3) is 5.46. The van der Waals surface area contributed by atoms with Crippen LogP contribution in [0.5, 0.6) is 5.75 Å². The summed E-state index contributed by atoms with van der Waals surface area (Å²) in [6.07, 6.45) is 4.64. The molecule has 3 heteroatoms. The number of phenols is 1.